The van der Waals surface area contributed by atoms with Gasteiger partial charge in [0.15, 0.2) is 0 Å². The van der Waals surface area contributed by atoms with Gasteiger partial charge >= 0.3 is 0 Å². The van der Waals surface area contributed by atoms with Gasteiger partial charge in [0.2, 0.25) is 0 Å². The lowest BCUT2D eigenvalue weighted by molar-refractivity contribution is -0.331. The highest BCUT2D eigenvalue weighted by atomic mass is 16.5. The molecule has 1 saturated heterocycles. The topological polar surface area (TPSA) is 32.4 Å². The van der Waals surface area contributed by atoms with Gasteiger partial charge in [0.05, 0.1) is 6.10 Å². The van der Waals surface area contributed by atoms with Gasteiger partial charge in [-0.3, -0.25) is 0 Å². The van der Waals surface area contributed by atoms with E-state index in [1.165, 1.54) is 5.06 Å². The van der Waals surface area contributed by atoms with Crippen molar-refractivity contribution in [3.05, 3.63) is 0 Å². The van der Waals surface area contributed by atoms with Gasteiger partial charge in [-0.05, 0) is 27.7 Å². The minimum atomic E-state index is -0.364. The molecular weight excluding hydrogens is 190 g/mol. The maximum atomic E-state index is 12.3. The summed E-state index contributed by atoms with van der Waals surface area (Å²) in [7, 11) is 1.74. The van der Waals surface area contributed by atoms with Crippen LogP contribution in [0.25, 0.3) is 0 Å². The van der Waals surface area contributed by atoms with E-state index >= 15 is 0 Å². The Labute approximate surface area is 93.4 Å². The number of ether oxygens (including phenoxy) is 1. The molecule has 1 aliphatic heterocycles. The minimum absolute atomic E-state index is 0.153. The lowest BCUT2D eigenvalue weighted by atomic mass is 9.67. The zero-order valence-corrected chi connectivity index (χ0v) is 11.0. The minimum Gasteiger partial charge on any atom is -0.381 e. The van der Waals surface area contributed by atoms with Crippen LogP contribution >= 0.6 is 0 Å². The molecule has 15 heavy (non-hydrogen) atoms. The molecule has 0 aromatic heterocycles. The molecule has 1 radical (unpaired) electrons. The highest BCUT2D eigenvalue weighted by Gasteiger charge is 2.55. The summed E-state index contributed by atoms with van der Waals surface area (Å²) in [4.78, 5) is 0. The van der Waals surface area contributed by atoms with Crippen molar-refractivity contribution >= 4 is 0 Å². The van der Waals surface area contributed by atoms with Gasteiger partial charge in [0.1, 0.15) is 0 Å². The van der Waals surface area contributed by atoms with Gasteiger partial charge in [-0.25, -0.2) is 0 Å². The van der Waals surface area contributed by atoms with Crippen molar-refractivity contribution in [2.75, 3.05) is 7.11 Å². The van der Waals surface area contributed by atoms with E-state index in [4.69, 9.17) is 4.74 Å². The summed E-state index contributed by atoms with van der Waals surface area (Å²) in [5, 5.41) is 13.6. The lowest BCUT2D eigenvalue weighted by Crippen LogP contribution is -2.68. The molecule has 3 heteroatoms. The SMILES string of the molecule is COC1C(C)C(C)(C)N([O])C(C)(C)C1C. The van der Waals surface area contributed by atoms with Crippen LogP contribution in [0.15, 0.2) is 0 Å². The molecule has 2 unspecified atom stereocenters. The molecule has 1 fully saturated rings. The van der Waals surface area contributed by atoms with Gasteiger partial charge < -0.3 is 4.74 Å². The Morgan fingerprint density at radius 3 is 1.60 bits per heavy atom. The molecule has 1 rings (SSSR count). The normalized spacial score (nSPS) is 40.4. The number of methoxy groups -OCH3 is 1. The van der Waals surface area contributed by atoms with Crippen molar-refractivity contribution in [2.45, 2.75) is 58.7 Å². The third-order valence-corrected chi connectivity index (χ3v) is 4.53. The number of nitrogens with zero attached hydrogens (tertiary/aromatic N) is 1. The summed E-state index contributed by atoms with van der Waals surface area (Å²) in [6.45, 7) is 12.2. The molecule has 0 aliphatic carbocycles. The predicted octanol–water partition coefficient (Wildman–Crippen LogP) is 2.49. The van der Waals surface area contributed by atoms with Crippen LogP contribution in [-0.4, -0.2) is 29.4 Å². The molecule has 0 bridgehead atoms. The summed E-state index contributed by atoms with van der Waals surface area (Å²) in [6, 6.07) is 0. The summed E-state index contributed by atoms with van der Waals surface area (Å²) in [6.07, 6.45) is 0.153. The van der Waals surface area contributed by atoms with Crippen LogP contribution in [0.2, 0.25) is 0 Å². The zero-order valence-electron chi connectivity index (χ0n) is 11.0. The van der Waals surface area contributed by atoms with Gasteiger partial charge in [0.25, 0.3) is 0 Å². The van der Waals surface area contributed by atoms with Gasteiger partial charge in [-0.15, -0.1) is 10.3 Å². The molecule has 0 aromatic carbocycles. The van der Waals surface area contributed by atoms with Crippen molar-refractivity contribution < 1.29 is 9.94 Å². The third kappa shape index (κ3) is 1.71. The molecule has 1 heterocycles. The number of rotatable bonds is 1. The van der Waals surface area contributed by atoms with Crippen LogP contribution in [-0.2, 0) is 9.94 Å². The van der Waals surface area contributed by atoms with Crippen LogP contribution in [0.4, 0.5) is 0 Å². The molecule has 0 amide bonds. The monoisotopic (exact) mass is 214 g/mol. The third-order valence-electron chi connectivity index (χ3n) is 4.53. The van der Waals surface area contributed by atoms with Crippen molar-refractivity contribution in [2.24, 2.45) is 11.8 Å². The second kappa shape index (κ2) is 3.72. The Bertz CT molecular complexity index is 216. The number of piperidine rings is 1. The maximum Gasteiger partial charge on any atom is 0.0659 e. The molecule has 2 atom stereocenters. The summed E-state index contributed by atoms with van der Waals surface area (Å²) < 4.78 is 5.57. The first-order chi connectivity index (χ1) is 6.67. The molecule has 89 valence electrons. The smallest absolute Gasteiger partial charge is 0.0659 e. The quantitative estimate of drug-likeness (QED) is 0.671. The average Bonchev–Trinajstić information content (AvgIpc) is 2.15. The average molecular weight is 214 g/mol. The van der Waals surface area contributed by atoms with Gasteiger partial charge in [-0.1, -0.05) is 13.8 Å². The first-order valence-electron chi connectivity index (χ1n) is 5.67. The molecule has 1 aliphatic rings. The first kappa shape index (κ1) is 12.9. The van der Waals surface area contributed by atoms with E-state index in [-0.39, 0.29) is 29.0 Å². The van der Waals surface area contributed by atoms with E-state index in [0.29, 0.717) is 0 Å². The van der Waals surface area contributed by atoms with Crippen molar-refractivity contribution in [1.82, 2.24) is 5.06 Å². The fraction of sp³-hybridized carbons (Fsp3) is 1.00. The van der Waals surface area contributed by atoms with Gasteiger partial charge in [0, 0.05) is 30.0 Å². The maximum absolute atomic E-state index is 12.3. The Hall–Kier alpha value is -0.120. The lowest BCUT2D eigenvalue weighted by Gasteiger charge is -2.56. The molecular formula is C12H24NO2. The molecule has 0 spiro atoms. The summed E-state index contributed by atoms with van der Waals surface area (Å²) in [5.41, 5.74) is -0.729. The van der Waals surface area contributed by atoms with Crippen LogP contribution in [0.1, 0.15) is 41.5 Å². The number of hydroxylamine groups is 2. The second-order valence-corrected chi connectivity index (χ2v) is 5.88. The van der Waals surface area contributed by atoms with E-state index < -0.39 is 0 Å². The van der Waals surface area contributed by atoms with E-state index in [1.54, 1.807) is 7.11 Å². The summed E-state index contributed by atoms with van der Waals surface area (Å²) in [5.74, 6) is 0.478. The van der Waals surface area contributed by atoms with E-state index in [9.17, 15) is 5.21 Å². The Morgan fingerprint density at radius 1 is 1.00 bits per heavy atom. The first-order valence-corrected chi connectivity index (χ1v) is 5.67. The second-order valence-electron chi connectivity index (χ2n) is 5.88. The Balaban J connectivity index is 3.11. The van der Waals surface area contributed by atoms with Crippen LogP contribution in [0.3, 0.4) is 0 Å². The molecule has 0 aromatic rings. The number of hydrogen-bond donors (Lipinski definition) is 0. The van der Waals surface area contributed by atoms with E-state index in [0.717, 1.165) is 0 Å². The van der Waals surface area contributed by atoms with Crippen molar-refractivity contribution in [3.8, 4) is 0 Å². The number of hydrogen-bond acceptors (Lipinski definition) is 2. The highest BCUT2D eigenvalue weighted by molar-refractivity contribution is 5.04. The van der Waals surface area contributed by atoms with Crippen LogP contribution < -0.4 is 0 Å². The Morgan fingerprint density at radius 2 is 1.33 bits per heavy atom. The molecule has 0 N–H and O–H groups in total. The Kier molecular flexibility index (Phi) is 3.21. The molecule has 0 saturated carbocycles. The standard InChI is InChI=1S/C12H24NO2/c1-8-10(15-7)9(2)12(5,6)13(14)11(8,3)4/h8-10H,1-7H3. The molecule has 3 nitrogen and oxygen atoms in total. The predicted molar refractivity (Wildman–Crippen MR) is 59.8 cm³/mol. The largest absolute Gasteiger partial charge is 0.381 e. The van der Waals surface area contributed by atoms with Gasteiger partial charge in [-0.2, -0.15) is 0 Å². The zero-order chi connectivity index (χ0) is 12.0. The summed E-state index contributed by atoms with van der Waals surface area (Å²) >= 11 is 0. The van der Waals surface area contributed by atoms with Crippen LogP contribution in [0.5, 0.6) is 0 Å². The van der Waals surface area contributed by atoms with E-state index in [2.05, 4.69) is 13.8 Å². The van der Waals surface area contributed by atoms with Crippen molar-refractivity contribution in [3.63, 3.8) is 0 Å². The fourth-order valence-corrected chi connectivity index (χ4v) is 2.76. The van der Waals surface area contributed by atoms with E-state index in [1.807, 2.05) is 27.7 Å². The van der Waals surface area contributed by atoms with Crippen molar-refractivity contribution in [1.29, 1.82) is 0 Å². The van der Waals surface area contributed by atoms with Crippen LogP contribution in [0, 0.1) is 11.8 Å². The fourth-order valence-electron chi connectivity index (χ4n) is 2.76. The highest BCUT2D eigenvalue weighted by Crippen LogP contribution is 2.45.